The molecule has 168 valence electrons. The van der Waals surface area contributed by atoms with Crippen LogP contribution in [0, 0.1) is 0 Å². The average Bonchev–Trinajstić information content (AvgIpc) is 3.23. The van der Waals surface area contributed by atoms with Crippen LogP contribution in [0.5, 0.6) is 0 Å². The maximum Gasteiger partial charge on any atom is 0.358 e. The Balaban J connectivity index is 1.83. The first-order valence-electron chi connectivity index (χ1n) is 10.0. The molecule has 1 atom stereocenters. The molecular weight excluding hydrogens is 500 g/mol. The monoisotopic (exact) mass is 520 g/mol. The summed E-state index contributed by atoms with van der Waals surface area (Å²) >= 11 is 3.53. The summed E-state index contributed by atoms with van der Waals surface area (Å²) in [4.78, 5) is 17.5. The van der Waals surface area contributed by atoms with E-state index >= 15 is 0 Å². The standard InChI is InChI=1S/C21H21BrN4O5S/c1-25-16(6-7-23-25)19(31-32(3,28)29)18-17(21(27)30-2)24-20-15-10-12(22)4-5-14(15)11-8-13(9-11)26(18)20/h4-7,10-11,13,19H,8-9H2,1-3H3. The van der Waals surface area contributed by atoms with Gasteiger partial charge in [0, 0.05) is 29.3 Å². The summed E-state index contributed by atoms with van der Waals surface area (Å²) in [6, 6.07) is 7.78. The molecule has 0 N–H and O–H groups in total. The van der Waals surface area contributed by atoms with Gasteiger partial charge in [0.05, 0.1) is 24.8 Å². The maximum absolute atomic E-state index is 12.8. The molecule has 9 nitrogen and oxygen atoms in total. The van der Waals surface area contributed by atoms with Gasteiger partial charge in [-0.3, -0.25) is 8.86 Å². The predicted molar refractivity (Wildman–Crippen MR) is 119 cm³/mol. The van der Waals surface area contributed by atoms with E-state index < -0.39 is 22.2 Å². The van der Waals surface area contributed by atoms with Crippen molar-refractivity contribution in [2.45, 2.75) is 30.9 Å². The van der Waals surface area contributed by atoms with E-state index in [-0.39, 0.29) is 11.7 Å². The number of imidazole rings is 1. The van der Waals surface area contributed by atoms with Crippen molar-refractivity contribution >= 4 is 32.0 Å². The van der Waals surface area contributed by atoms with Gasteiger partial charge in [-0.05, 0) is 42.5 Å². The highest BCUT2D eigenvalue weighted by molar-refractivity contribution is 9.10. The largest absolute Gasteiger partial charge is 0.464 e. The smallest absolute Gasteiger partial charge is 0.358 e. The van der Waals surface area contributed by atoms with Crippen LogP contribution in [0.3, 0.4) is 0 Å². The molecule has 1 aliphatic carbocycles. The highest BCUT2D eigenvalue weighted by Crippen LogP contribution is 2.54. The number of nitrogens with zero attached hydrogens (tertiary/aromatic N) is 4. The van der Waals surface area contributed by atoms with Gasteiger partial charge in [-0.25, -0.2) is 9.78 Å². The zero-order valence-electron chi connectivity index (χ0n) is 17.6. The van der Waals surface area contributed by atoms with Crippen LogP contribution >= 0.6 is 15.9 Å². The van der Waals surface area contributed by atoms with Gasteiger partial charge in [0.25, 0.3) is 10.1 Å². The molecule has 1 saturated carbocycles. The van der Waals surface area contributed by atoms with E-state index in [9.17, 15) is 13.2 Å². The van der Waals surface area contributed by atoms with Crippen molar-refractivity contribution in [2.75, 3.05) is 13.4 Å². The second-order valence-corrected chi connectivity index (χ2v) is 10.7. The van der Waals surface area contributed by atoms with Crippen LogP contribution in [-0.2, 0) is 26.1 Å². The summed E-state index contributed by atoms with van der Waals surface area (Å²) in [5, 5.41) is 4.17. The van der Waals surface area contributed by atoms with E-state index in [0.29, 0.717) is 23.1 Å². The third-order valence-corrected chi connectivity index (χ3v) is 7.18. The van der Waals surface area contributed by atoms with Gasteiger partial charge < -0.3 is 9.30 Å². The minimum atomic E-state index is -3.89. The maximum atomic E-state index is 12.8. The van der Waals surface area contributed by atoms with Crippen molar-refractivity contribution in [1.82, 2.24) is 19.3 Å². The lowest BCUT2D eigenvalue weighted by molar-refractivity contribution is 0.0588. The number of rotatable bonds is 5. The van der Waals surface area contributed by atoms with Crippen LogP contribution in [0.1, 0.15) is 58.3 Å². The number of carbonyl (C=O) groups is 1. The van der Waals surface area contributed by atoms with Crippen LogP contribution < -0.4 is 0 Å². The molecule has 3 aliphatic rings. The molecule has 1 fully saturated rings. The first kappa shape index (κ1) is 21.4. The predicted octanol–water partition coefficient (Wildman–Crippen LogP) is 3.33. The normalized spacial score (nSPS) is 20.0. The first-order valence-corrected chi connectivity index (χ1v) is 12.6. The number of aromatic nitrogens is 4. The SMILES string of the molecule is COC(=O)c1nc2n(c1C(OS(C)(=O)=O)c1ccnn1C)C1CC(C1)c1ccc(Br)cc1-2. The van der Waals surface area contributed by atoms with Crippen LogP contribution in [0.25, 0.3) is 11.4 Å². The van der Waals surface area contributed by atoms with E-state index in [1.54, 1.807) is 19.3 Å². The van der Waals surface area contributed by atoms with E-state index in [1.165, 1.54) is 11.8 Å². The third-order valence-electron chi connectivity index (χ3n) is 6.15. The quantitative estimate of drug-likeness (QED) is 0.375. The van der Waals surface area contributed by atoms with Gasteiger partial charge in [-0.15, -0.1) is 0 Å². The minimum absolute atomic E-state index is 0.0358. The van der Waals surface area contributed by atoms with Crippen LogP contribution in [0.2, 0.25) is 0 Å². The number of aryl methyl sites for hydroxylation is 1. The Morgan fingerprint density at radius 3 is 2.66 bits per heavy atom. The Hall–Kier alpha value is -2.50. The van der Waals surface area contributed by atoms with E-state index in [2.05, 4.69) is 27.1 Å². The first-order chi connectivity index (χ1) is 15.2. The van der Waals surface area contributed by atoms with Crippen molar-refractivity contribution < 1.29 is 22.1 Å². The lowest BCUT2D eigenvalue weighted by Crippen LogP contribution is -2.28. The summed E-state index contributed by atoms with van der Waals surface area (Å²) in [6.07, 6.45) is 3.16. The molecule has 11 heteroatoms. The number of hydrogen-bond acceptors (Lipinski definition) is 7. The number of ether oxygens (including phenoxy) is 1. The molecule has 1 aromatic carbocycles. The number of carbonyl (C=O) groups excluding carboxylic acids is 1. The second-order valence-electron chi connectivity index (χ2n) is 8.14. The lowest BCUT2D eigenvalue weighted by Gasteiger charge is -2.36. The minimum Gasteiger partial charge on any atom is -0.464 e. The summed E-state index contributed by atoms with van der Waals surface area (Å²) in [7, 11) is -0.924. The lowest BCUT2D eigenvalue weighted by atomic mass is 9.75. The van der Waals surface area contributed by atoms with Crippen molar-refractivity contribution in [2.24, 2.45) is 7.05 Å². The van der Waals surface area contributed by atoms with E-state index in [4.69, 9.17) is 13.9 Å². The topological polar surface area (TPSA) is 105 Å². The fourth-order valence-corrected chi connectivity index (χ4v) is 5.58. The average molecular weight is 521 g/mol. The number of methoxy groups -OCH3 is 1. The molecule has 3 aromatic rings. The zero-order chi connectivity index (χ0) is 22.8. The summed E-state index contributed by atoms with van der Waals surface area (Å²) in [6.45, 7) is 0. The fraction of sp³-hybridized carbons (Fsp3) is 0.381. The van der Waals surface area contributed by atoms with Crippen molar-refractivity contribution in [1.29, 1.82) is 0 Å². The van der Waals surface area contributed by atoms with E-state index in [1.807, 2.05) is 16.7 Å². The molecule has 0 spiro atoms. The molecule has 0 amide bonds. The number of hydrogen-bond donors (Lipinski definition) is 0. The van der Waals surface area contributed by atoms with E-state index in [0.717, 1.165) is 34.7 Å². The number of halogens is 1. The molecule has 0 radical (unpaired) electrons. The molecule has 0 saturated heterocycles. The molecule has 32 heavy (non-hydrogen) atoms. The van der Waals surface area contributed by atoms with Gasteiger partial charge in [-0.1, -0.05) is 22.0 Å². The second kappa shape index (κ2) is 7.53. The molecule has 1 unspecified atom stereocenters. The molecule has 2 aliphatic heterocycles. The Bertz CT molecular complexity index is 1340. The molecule has 2 bridgehead atoms. The van der Waals surface area contributed by atoms with Crippen LogP contribution in [0.15, 0.2) is 34.9 Å². The van der Waals surface area contributed by atoms with Crippen LogP contribution in [-0.4, -0.2) is 47.1 Å². The third kappa shape index (κ3) is 3.39. The van der Waals surface area contributed by atoms with Crippen molar-refractivity contribution in [3.05, 3.63) is 57.6 Å². The summed E-state index contributed by atoms with van der Waals surface area (Å²) in [5.74, 6) is 0.327. The van der Waals surface area contributed by atoms with Gasteiger partial charge >= 0.3 is 5.97 Å². The zero-order valence-corrected chi connectivity index (χ0v) is 20.1. The van der Waals surface area contributed by atoms with Crippen molar-refractivity contribution in [3.8, 4) is 11.4 Å². The Kier molecular flexibility index (Phi) is 5.02. The summed E-state index contributed by atoms with van der Waals surface area (Å²) < 4.78 is 39.5. The highest BCUT2D eigenvalue weighted by atomic mass is 79.9. The number of benzene rings is 1. The molecule has 6 rings (SSSR count). The Labute approximate surface area is 193 Å². The molecule has 4 heterocycles. The Morgan fingerprint density at radius 2 is 2.03 bits per heavy atom. The summed E-state index contributed by atoms with van der Waals surface area (Å²) in [5.41, 5.74) is 2.95. The van der Waals surface area contributed by atoms with Gasteiger partial charge in [0.2, 0.25) is 0 Å². The Morgan fingerprint density at radius 1 is 1.28 bits per heavy atom. The molecule has 2 aromatic heterocycles. The van der Waals surface area contributed by atoms with Gasteiger partial charge in [-0.2, -0.15) is 13.5 Å². The molecular formula is C21H21BrN4O5S. The highest BCUT2D eigenvalue weighted by Gasteiger charge is 2.44. The van der Waals surface area contributed by atoms with Crippen LogP contribution in [0.4, 0.5) is 0 Å². The van der Waals surface area contributed by atoms with Gasteiger partial charge in [0.15, 0.2) is 11.8 Å². The number of esters is 1. The fourth-order valence-electron chi connectivity index (χ4n) is 4.68. The van der Waals surface area contributed by atoms with Crippen molar-refractivity contribution in [3.63, 3.8) is 0 Å². The van der Waals surface area contributed by atoms with Gasteiger partial charge in [0.1, 0.15) is 5.82 Å².